The summed E-state index contributed by atoms with van der Waals surface area (Å²) in [5.41, 5.74) is 2.26. The Morgan fingerprint density at radius 3 is 2.67 bits per heavy atom. The van der Waals surface area contributed by atoms with E-state index in [0.717, 1.165) is 10.6 Å². The van der Waals surface area contributed by atoms with Gasteiger partial charge in [0, 0.05) is 31.4 Å². The van der Waals surface area contributed by atoms with E-state index in [9.17, 15) is 16.8 Å². The highest BCUT2D eigenvalue weighted by molar-refractivity contribution is 7.91. The second-order valence-electron chi connectivity index (χ2n) is 4.42. The fourth-order valence-electron chi connectivity index (χ4n) is 1.67. The smallest absolute Gasteiger partial charge is 0.262 e. The van der Waals surface area contributed by atoms with Crippen molar-refractivity contribution in [3.8, 4) is 0 Å². The summed E-state index contributed by atoms with van der Waals surface area (Å²) in [6, 6.07) is 0. The van der Waals surface area contributed by atoms with Gasteiger partial charge in [-0.2, -0.15) is 9.29 Å². The zero-order valence-corrected chi connectivity index (χ0v) is 13.8. The number of fused-ring (bicyclic) bond motifs is 1. The summed E-state index contributed by atoms with van der Waals surface area (Å²) in [6.07, 6.45) is 2.61. The second-order valence-corrected chi connectivity index (χ2v) is 9.51. The maximum Gasteiger partial charge on any atom is 0.262 e. The van der Waals surface area contributed by atoms with Crippen LogP contribution in [0.5, 0.6) is 0 Å². The Labute approximate surface area is 126 Å². The van der Waals surface area contributed by atoms with Crippen LogP contribution >= 0.6 is 11.3 Å². The first-order chi connectivity index (χ1) is 9.66. The van der Waals surface area contributed by atoms with Gasteiger partial charge in [0.2, 0.25) is 5.03 Å². The Hall–Kier alpha value is -1.21. The van der Waals surface area contributed by atoms with Gasteiger partial charge < -0.3 is 5.43 Å². The fourth-order valence-corrected chi connectivity index (χ4v) is 4.53. The molecule has 0 aromatic carbocycles. The number of nitrogens with one attached hydrogen (secondary N) is 1. The van der Waals surface area contributed by atoms with Crippen molar-refractivity contribution < 1.29 is 16.8 Å². The number of hydrazine groups is 1. The van der Waals surface area contributed by atoms with Gasteiger partial charge in [-0.3, -0.25) is 4.40 Å². The average Bonchev–Trinajstić information content (AvgIpc) is 2.93. The van der Waals surface area contributed by atoms with E-state index in [0.29, 0.717) is 4.96 Å². The molecule has 3 N–H and O–H groups in total. The van der Waals surface area contributed by atoms with Crippen LogP contribution in [0, 0.1) is 0 Å². The van der Waals surface area contributed by atoms with Gasteiger partial charge in [-0.15, -0.1) is 11.3 Å². The number of anilines is 1. The molecule has 9 nitrogen and oxygen atoms in total. The molecule has 2 aromatic rings. The number of nitrogens with two attached hydrogens (primary N) is 1. The Morgan fingerprint density at radius 2 is 2.10 bits per heavy atom. The van der Waals surface area contributed by atoms with Gasteiger partial charge in [0.1, 0.15) is 9.84 Å². The van der Waals surface area contributed by atoms with Gasteiger partial charge in [-0.25, -0.2) is 22.7 Å². The third-order valence-electron chi connectivity index (χ3n) is 2.79. The monoisotopic (exact) mass is 353 g/mol. The molecule has 0 unspecified atom stereocenters. The standard InChI is InChI=1S/C9H15N5O4S3/c1-13(4-6-20(2,15)16)21(17,18)8-7(12-10)11-9-14(8)3-5-19-9/h3,5,12H,4,6,10H2,1-2H3. The fraction of sp³-hybridized carbons (Fsp3) is 0.444. The second kappa shape index (κ2) is 5.53. The molecule has 2 heterocycles. The largest absolute Gasteiger partial charge is 0.306 e. The van der Waals surface area contributed by atoms with Gasteiger partial charge in [-0.05, 0) is 0 Å². The quantitative estimate of drug-likeness (QED) is 0.521. The molecule has 0 bridgehead atoms. The van der Waals surface area contributed by atoms with Crippen LogP contribution in [0.1, 0.15) is 0 Å². The average molecular weight is 353 g/mol. The molecule has 21 heavy (non-hydrogen) atoms. The highest BCUT2D eigenvalue weighted by Gasteiger charge is 2.30. The maximum absolute atomic E-state index is 12.6. The lowest BCUT2D eigenvalue weighted by atomic mass is 10.7. The zero-order valence-electron chi connectivity index (χ0n) is 11.3. The van der Waals surface area contributed by atoms with E-state index in [1.54, 1.807) is 11.6 Å². The summed E-state index contributed by atoms with van der Waals surface area (Å²) in [6.45, 7) is -0.150. The predicted octanol–water partition coefficient (Wildman–Crippen LogP) is -0.653. The lowest BCUT2D eigenvalue weighted by Crippen LogP contribution is -2.32. The molecule has 0 amide bonds. The Kier molecular flexibility index (Phi) is 4.26. The molecule has 0 saturated carbocycles. The van der Waals surface area contributed by atoms with Crippen LogP contribution in [0.25, 0.3) is 4.96 Å². The van der Waals surface area contributed by atoms with Crippen LogP contribution in [0.3, 0.4) is 0 Å². The molecular formula is C9H15N5O4S3. The number of hydrogen-bond donors (Lipinski definition) is 2. The number of aromatic nitrogens is 2. The predicted molar refractivity (Wildman–Crippen MR) is 80.4 cm³/mol. The number of sulfone groups is 1. The molecule has 0 saturated heterocycles. The van der Waals surface area contributed by atoms with E-state index in [1.165, 1.54) is 22.8 Å². The molecule has 0 aliphatic carbocycles. The normalized spacial score (nSPS) is 13.1. The first-order valence-electron chi connectivity index (χ1n) is 5.73. The molecular weight excluding hydrogens is 338 g/mol. The van der Waals surface area contributed by atoms with E-state index in [4.69, 9.17) is 5.84 Å². The van der Waals surface area contributed by atoms with Crippen molar-refractivity contribution in [3.63, 3.8) is 0 Å². The molecule has 0 atom stereocenters. The van der Waals surface area contributed by atoms with Crippen LogP contribution in [0.15, 0.2) is 16.6 Å². The Balaban J connectivity index is 2.43. The van der Waals surface area contributed by atoms with Gasteiger partial charge in [0.15, 0.2) is 10.8 Å². The number of sulfonamides is 1. The summed E-state index contributed by atoms with van der Waals surface area (Å²) in [5, 5.41) is 1.58. The molecule has 0 spiro atoms. The Bertz CT molecular complexity index is 851. The highest BCUT2D eigenvalue weighted by Crippen LogP contribution is 2.27. The van der Waals surface area contributed by atoms with Gasteiger partial charge in [-0.1, -0.05) is 0 Å². The van der Waals surface area contributed by atoms with Crippen molar-refractivity contribution in [2.75, 3.05) is 31.0 Å². The lowest BCUT2D eigenvalue weighted by molar-refractivity contribution is 0.481. The first-order valence-corrected chi connectivity index (χ1v) is 10.1. The van der Waals surface area contributed by atoms with Crippen molar-refractivity contribution >= 4 is 42.0 Å². The van der Waals surface area contributed by atoms with Gasteiger partial charge >= 0.3 is 0 Å². The summed E-state index contributed by atoms with van der Waals surface area (Å²) in [5.74, 6) is 5.07. The molecule has 2 aromatic heterocycles. The highest BCUT2D eigenvalue weighted by atomic mass is 32.2. The lowest BCUT2D eigenvalue weighted by Gasteiger charge is -2.16. The molecule has 118 valence electrons. The van der Waals surface area contributed by atoms with Crippen LogP contribution in [0.2, 0.25) is 0 Å². The Morgan fingerprint density at radius 1 is 1.43 bits per heavy atom. The molecule has 12 heteroatoms. The summed E-state index contributed by atoms with van der Waals surface area (Å²) in [7, 11) is -5.87. The van der Waals surface area contributed by atoms with Crippen molar-refractivity contribution in [1.82, 2.24) is 13.7 Å². The number of imidazole rings is 1. The van der Waals surface area contributed by atoms with Crippen LogP contribution in [-0.4, -0.2) is 56.1 Å². The minimum absolute atomic E-state index is 0.0213. The number of rotatable bonds is 6. The van der Waals surface area contributed by atoms with E-state index < -0.39 is 19.9 Å². The maximum atomic E-state index is 12.6. The van der Waals surface area contributed by atoms with Crippen molar-refractivity contribution in [2.45, 2.75) is 5.03 Å². The topological polar surface area (TPSA) is 127 Å². The minimum atomic E-state index is -3.92. The number of nitrogens with zero attached hydrogens (tertiary/aromatic N) is 3. The van der Waals surface area contributed by atoms with Crippen molar-refractivity contribution in [2.24, 2.45) is 5.84 Å². The minimum Gasteiger partial charge on any atom is -0.306 e. The van der Waals surface area contributed by atoms with Gasteiger partial charge in [0.05, 0.1) is 5.75 Å². The molecule has 0 aliphatic rings. The van der Waals surface area contributed by atoms with Gasteiger partial charge in [0.25, 0.3) is 10.0 Å². The zero-order chi connectivity index (χ0) is 15.8. The summed E-state index contributed by atoms with van der Waals surface area (Å²) < 4.78 is 49.9. The van der Waals surface area contributed by atoms with E-state index in [2.05, 4.69) is 10.4 Å². The third kappa shape index (κ3) is 3.18. The number of nitrogen functional groups attached to an aromatic ring is 1. The number of thiazole rings is 1. The SMILES string of the molecule is CN(CCS(C)(=O)=O)S(=O)(=O)c1c(NN)nc2sccn12. The van der Waals surface area contributed by atoms with Crippen molar-refractivity contribution in [1.29, 1.82) is 0 Å². The third-order valence-corrected chi connectivity index (χ3v) is 6.35. The van der Waals surface area contributed by atoms with Crippen LogP contribution in [0.4, 0.5) is 5.82 Å². The molecule has 0 fully saturated rings. The van der Waals surface area contributed by atoms with Crippen molar-refractivity contribution in [3.05, 3.63) is 11.6 Å². The molecule has 2 rings (SSSR count). The summed E-state index contributed by atoms with van der Waals surface area (Å²) in [4.78, 5) is 4.54. The molecule has 0 radical (unpaired) electrons. The molecule has 0 aliphatic heterocycles. The van der Waals surface area contributed by atoms with E-state index in [-0.39, 0.29) is 23.1 Å². The van der Waals surface area contributed by atoms with Crippen LogP contribution in [-0.2, 0) is 19.9 Å². The van der Waals surface area contributed by atoms with E-state index >= 15 is 0 Å². The van der Waals surface area contributed by atoms with E-state index in [1.807, 2.05) is 0 Å². The first kappa shape index (κ1) is 16.2. The summed E-state index contributed by atoms with van der Waals surface area (Å²) >= 11 is 1.26. The van der Waals surface area contributed by atoms with Crippen LogP contribution < -0.4 is 11.3 Å². The number of hydrogen-bond acceptors (Lipinski definition) is 8.